The molecule has 1 fully saturated rings. The number of carbonyl (C=O) groups is 4. The van der Waals surface area contributed by atoms with Crippen molar-refractivity contribution in [1.29, 1.82) is 0 Å². The summed E-state index contributed by atoms with van der Waals surface area (Å²) in [6.45, 7) is 4.00. The summed E-state index contributed by atoms with van der Waals surface area (Å²) in [6.07, 6.45) is 6.68. The Morgan fingerprint density at radius 1 is 1.22 bits per heavy atom. The van der Waals surface area contributed by atoms with E-state index in [0.29, 0.717) is 24.3 Å². The normalized spacial score (nSPS) is 15.4. The van der Waals surface area contributed by atoms with E-state index in [1.807, 2.05) is 6.92 Å². The molecular formula is C26H34FN5O5. The number of aliphatic carboxylic acids is 1. The molecule has 0 radical (unpaired) electrons. The van der Waals surface area contributed by atoms with Crippen molar-refractivity contribution in [3.63, 3.8) is 0 Å². The van der Waals surface area contributed by atoms with Gasteiger partial charge in [0.2, 0.25) is 18.2 Å². The average molecular weight is 516 g/mol. The van der Waals surface area contributed by atoms with E-state index in [0.717, 1.165) is 38.2 Å². The number of carbonyl (C=O) groups excluding carboxylic acids is 3. The standard InChI is InChI=1S/C26H34FN5O5/c1-3-22(34)29-21(26(36)37)15-17-10-11-20(19(27)14-17)30-25(35)24(18-8-6-5-7-9-18)31(16-33)23-12-13-28-32(23)4-2/h10-14,16,18,21,24H,3-9,15H2,1-2H3,(H,29,34)(H,30,35)(H,36,37)/t21-,24+/m1/s1. The van der Waals surface area contributed by atoms with Crippen LogP contribution in [0.4, 0.5) is 15.9 Å². The smallest absolute Gasteiger partial charge is 0.326 e. The third kappa shape index (κ3) is 6.93. The molecule has 0 unspecified atom stereocenters. The number of hydrogen-bond donors (Lipinski definition) is 3. The first-order chi connectivity index (χ1) is 17.8. The summed E-state index contributed by atoms with van der Waals surface area (Å²) < 4.78 is 16.7. The molecule has 1 aliphatic carbocycles. The Hall–Kier alpha value is -3.76. The summed E-state index contributed by atoms with van der Waals surface area (Å²) in [5.41, 5.74) is 0.276. The molecule has 0 spiro atoms. The van der Waals surface area contributed by atoms with Crippen LogP contribution < -0.4 is 15.5 Å². The Balaban J connectivity index is 1.83. The quantitative estimate of drug-likeness (QED) is 0.372. The van der Waals surface area contributed by atoms with Gasteiger partial charge in [0, 0.05) is 25.5 Å². The van der Waals surface area contributed by atoms with Crippen LogP contribution in [0.2, 0.25) is 0 Å². The van der Waals surface area contributed by atoms with Crippen LogP contribution in [0.3, 0.4) is 0 Å². The van der Waals surface area contributed by atoms with Crippen LogP contribution >= 0.6 is 0 Å². The van der Waals surface area contributed by atoms with Gasteiger partial charge in [-0.1, -0.05) is 32.3 Å². The van der Waals surface area contributed by atoms with E-state index in [2.05, 4.69) is 15.7 Å². The SMILES string of the molecule is CCC(=O)N[C@H](Cc1ccc(NC(=O)[C@H](C2CCCCC2)N(C=O)c2ccnn2CC)c(F)c1)C(=O)O. The lowest BCUT2D eigenvalue weighted by Gasteiger charge is -2.35. The van der Waals surface area contributed by atoms with E-state index in [4.69, 9.17) is 0 Å². The van der Waals surface area contributed by atoms with Crippen LogP contribution in [0.25, 0.3) is 0 Å². The Morgan fingerprint density at radius 3 is 2.54 bits per heavy atom. The van der Waals surface area contributed by atoms with Crippen molar-refractivity contribution in [3.05, 3.63) is 41.8 Å². The summed E-state index contributed by atoms with van der Waals surface area (Å²) >= 11 is 0. The minimum Gasteiger partial charge on any atom is -0.480 e. The van der Waals surface area contributed by atoms with E-state index in [9.17, 15) is 24.3 Å². The van der Waals surface area contributed by atoms with Crippen LogP contribution in [0.15, 0.2) is 30.5 Å². The fourth-order valence-electron chi connectivity index (χ4n) is 4.79. The number of aryl methyl sites for hydroxylation is 1. The van der Waals surface area contributed by atoms with E-state index in [1.165, 1.54) is 17.0 Å². The maximum atomic E-state index is 15.0. The Morgan fingerprint density at radius 2 is 1.95 bits per heavy atom. The lowest BCUT2D eigenvalue weighted by Crippen LogP contribution is -2.49. The number of rotatable bonds is 12. The number of halogens is 1. The molecule has 3 N–H and O–H groups in total. The van der Waals surface area contributed by atoms with E-state index in [-0.39, 0.29) is 24.4 Å². The number of carboxylic acid groups (broad SMARTS) is 1. The van der Waals surface area contributed by atoms with Gasteiger partial charge in [0.05, 0.1) is 11.9 Å². The molecule has 1 aromatic heterocycles. The van der Waals surface area contributed by atoms with Gasteiger partial charge in [-0.05, 0) is 43.4 Å². The molecule has 11 heteroatoms. The Kier molecular flexibility index (Phi) is 9.76. The van der Waals surface area contributed by atoms with Crippen LogP contribution in [0.5, 0.6) is 0 Å². The largest absolute Gasteiger partial charge is 0.480 e. The molecule has 0 aliphatic heterocycles. The van der Waals surface area contributed by atoms with Gasteiger partial charge in [-0.3, -0.25) is 19.3 Å². The number of carboxylic acids is 1. The maximum absolute atomic E-state index is 15.0. The Bertz CT molecular complexity index is 1110. The number of nitrogens with one attached hydrogen (secondary N) is 2. The maximum Gasteiger partial charge on any atom is 0.326 e. The number of amides is 3. The molecule has 1 aliphatic rings. The fourth-order valence-corrected chi connectivity index (χ4v) is 4.79. The van der Waals surface area contributed by atoms with Gasteiger partial charge in [0.25, 0.3) is 0 Å². The van der Waals surface area contributed by atoms with Gasteiger partial charge in [-0.15, -0.1) is 0 Å². The summed E-state index contributed by atoms with van der Waals surface area (Å²) in [5.74, 6) is -2.50. The zero-order valence-corrected chi connectivity index (χ0v) is 21.2. The molecule has 37 heavy (non-hydrogen) atoms. The highest BCUT2D eigenvalue weighted by atomic mass is 19.1. The fraction of sp³-hybridized carbons (Fsp3) is 0.500. The second-order valence-corrected chi connectivity index (χ2v) is 9.18. The van der Waals surface area contributed by atoms with Crippen molar-refractivity contribution in [2.45, 2.75) is 77.4 Å². The van der Waals surface area contributed by atoms with Gasteiger partial charge in [-0.2, -0.15) is 5.10 Å². The lowest BCUT2D eigenvalue weighted by atomic mass is 9.82. The van der Waals surface area contributed by atoms with Crippen LogP contribution in [-0.2, 0) is 32.1 Å². The van der Waals surface area contributed by atoms with Crippen molar-refractivity contribution in [2.75, 3.05) is 10.2 Å². The predicted octanol–water partition coefficient (Wildman–Crippen LogP) is 3.11. The first kappa shape index (κ1) is 27.8. The molecule has 2 atom stereocenters. The molecule has 0 bridgehead atoms. The average Bonchev–Trinajstić information content (AvgIpc) is 3.37. The van der Waals surface area contributed by atoms with E-state index in [1.54, 1.807) is 23.9 Å². The molecule has 0 saturated heterocycles. The highest BCUT2D eigenvalue weighted by Gasteiger charge is 2.36. The third-order valence-electron chi connectivity index (χ3n) is 6.72. The first-order valence-electron chi connectivity index (χ1n) is 12.7. The van der Waals surface area contributed by atoms with Crippen LogP contribution in [-0.4, -0.2) is 51.2 Å². The minimum absolute atomic E-state index is 0.0751. The molecule has 2 aromatic rings. The third-order valence-corrected chi connectivity index (χ3v) is 6.72. The monoisotopic (exact) mass is 515 g/mol. The highest BCUT2D eigenvalue weighted by molar-refractivity contribution is 6.00. The second kappa shape index (κ2) is 13.0. The number of hydrogen-bond acceptors (Lipinski definition) is 5. The number of anilines is 2. The van der Waals surface area contributed by atoms with Crippen molar-refractivity contribution < 1.29 is 28.7 Å². The van der Waals surface area contributed by atoms with Gasteiger partial charge in [0.1, 0.15) is 23.7 Å². The van der Waals surface area contributed by atoms with Crippen molar-refractivity contribution in [2.24, 2.45) is 5.92 Å². The number of aromatic nitrogens is 2. The number of nitrogens with zero attached hydrogens (tertiary/aromatic N) is 3. The van der Waals surface area contributed by atoms with Crippen molar-refractivity contribution >= 4 is 35.7 Å². The first-order valence-corrected chi connectivity index (χ1v) is 12.7. The van der Waals surface area contributed by atoms with Crippen molar-refractivity contribution in [1.82, 2.24) is 15.1 Å². The number of benzene rings is 1. The van der Waals surface area contributed by atoms with E-state index < -0.39 is 35.7 Å². The van der Waals surface area contributed by atoms with Gasteiger partial charge >= 0.3 is 5.97 Å². The summed E-state index contributed by atoms with van der Waals surface area (Å²) in [4.78, 5) is 50.3. The van der Waals surface area contributed by atoms with Gasteiger partial charge in [0.15, 0.2) is 0 Å². The summed E-state index contributed by atoms with van der Waals surface area (Å²) in [6, 6.07) is 3.64. The summed E-state index contributed by atoms with van der Waals surface area (Å²) in [7, 11) is 0. The molecular weight excluding hydrogens is 481 g/mol. The topological polar surface area (TPSA) is 134 Å². The van der Waals surface area contributed by atoms with Crippen molar-refractivity contribution in [3.8, 4) is 0 Å². The molecule has 1 saturated carbocycles. The Labute approximate surface area is 215 Å². The molecule has 1 aromatic carbocycles. The molecule has 10 nitrogen and oxygen atoms in total. The lowest BCUT2D eigenvalue weighted by molar-refractivity contribution is -0.141. The van der Waals surface area contributed by atoms with Crippen LogP contribution in [0, 0.1) is 11.7 Å². The highest BCUT2D eigenvalue weighted by Crippen LogP contribution is 2.32. The zero-order chi connectivity index (χ0) is 26.9. The van der Waals surface area contributed by atoms with Gasteiger partial charge < -0.3 is 15.7 Å². The molecule has 1 heterocycles. The summed E-state index contributed by atoms with van der Waals surface area (Å²) in [5, 5.41) is 18.6. The molecule has 3 amide bonds. The second-order valence-electron chi connectivity index (χ2n) is 9.18. The zero-order valence-electron chi connectivity index (χ0n) is 21.2. The molecule has 200 valence electrons. The molecule has 3 rings (SSSR count). The van der Waals surface area contributed by atoms with E-state index >= 15 is 4.39 Å². The minimum atomic E-state index is -1.23. The van der Waals surface area contributed by atoms with Crippen LogP contribution in [0.1, 0.15) is 57.9 Å². The predicted molar refractivity (Wildman–Crippen MR) is 135 cm³/mol. The van der Waals surface area contributed by atoms with Gasteiger partial charge in [-0.25, -0.2) is 13.9 Å².